The van der Waals surface area contributed by atoms with Gasteiger partial charge in [0.15, 0.2) is 0 Å². The van der Waals surface area contributed by atoms with Crippen LogP contribution >= 0.6 is 0 Å². The van der Waals surface area contributed by atoms with Crippen LogP contribution in [-0.2, 0) is 4.79 Å². The Balaban J connectivity index is 1.68. The zero-order chi connectivity index (χ0) is 29.0. The molecule has 1 amide bonds. The van der Waals surface area contributed by atoms with Crippen LogP contribution < -0.4 is 15.3 Å². The van der Waals surface area contributed by atoms with Crippen molar-refractivity contribution in [2.75, 3.05) is 31.1 Å². The van der Waals surface area contributed by atoms with Crippen LogP contribution in [0.2, 0.25) is 0 Å². The van der Waals surface area contributed by atoms with E-state index in [1.54, 1.807) is 23.2 Å². The maximum Gasteiger partial charge on any atom is 0.354 e. The number of aromatic nitrogens is 3. The van der Waals surface area contributed by atoms with E-state index in [0.717, 1.165) is 5.56 Å². The molecule has 6 rings (SSSR count). The summed E-state index contributed by atoms with van der Waals surface area (Å²) in [6, 6.07) is 9.05. The molecule has 10 heteroatoms. The van der Waals surface area contributed by atoms with Crippen LogP contribution in [0.25, 0.3) is 27.7 Å². The first-order valence-electron chi connectivity index (χ1n) is 13.5. The summed E-state index contributed by atoms with van der Waals surface area (Å²) in [6.45, 7) is 11.0. The first-order chi connectivity index (χ1) is 19.7. The highest BCUT2D eigenvalue weighted by molar-refractivity contribution is 6.00. The van der Waals surface area contributed by atoms with Crippen LogP contribution in [0.4, 0.5) is 10.2 Å². The summed E-state index contributed by atoms with van der Waals surface area (Å²) in [7, 11) is 0. The number of benzene rings is 2. The van der Waals surface area contributed by atoms with Crippen LogP contribution in [-0.4, -0.2) is 62.7 Å². The molecular formula is C31H30FN5O4. The number of anilines is 1. The number of phenols is 1. The third kappa shape index (κ3) is 4.30. The van der Waals surface area contributed by atoms with E-state index in [2.05, 4.69) is 16.5 Å². The van der Waals surface area contributed by atoms with Crippen molar-refractivity contribution in [1.82, 2.24) is 19.4 Å². The number of carbonyl (C=O) groups is 1. The second-order valence-corrected chi connectivity index (χ2v) is 10.7. The van der Waals surface area contributed by atoms with Crippen LogP contribution in [0, 0.1) is 12.7 Å². The molecule has 4 heterocycles. The van der Waals surface area contributed by atoms with Crippen molar-refractivity contribution in [3.05, 3.63) is 82.8 Å². The molecule has 4 aromatic rings. The molecule has 2 aliphatic heterocycles. The summed E-state index contributed by atoms with van der Waals surface area (Å²) in [4.78, 5) is 39.3. The van der Waals surface area contributed by atoms with Gasteiger partial charge < -0.3 is 19.6 Å². The molecule has 0 bridgehead atoms. The molecule has 210 valence electrons. The van der Waals surface area contributed by atoms with Crippen LogP contribution in [0.5, 0.6) is 11.5 Å². The lowest BCUT2D eigenvalue weighted by molar-refractivity contribution is -0.126. The second-order valence-electron chi connectivity index (χ2n) is 10.7. The summed E-state index contributed by atoms with van der Waals surface area (Å²) in [5, 5.41) is 11.2. The smallest absolute Gasteiger partial charge is 0.354 e. The third-order valence-corrected chi connectivity index (χ3v) is 7.82. The number of nitrogens with zero attached hydrogens (tertiary/aromatic N) is 5. The number of rotatable bonds is 4. The van der Waals surface area contributed by atoms with Crippen molar-refractivity contribution in [2.24, 2.45) is 0 Å². The topological polar surface area (TPSA) is 101 Å². The summed E-state index contributed by atoms with van der Waals surface area (Å²) >= 11 is 0. The summed E-state index contributed by atoms with van der Waals surface area (Å²) in [5.74, 6) is -0.168. The van der Waals surface area contributed by atoms with Gasteiger partial charge in [0.1, 0.15) is 29.7 Å². The number of ether oxygens (including phenoxy) is 1. The maximum atomic E-state index is 15.1. The van der Waals surface area contributed by atoms with Gasteiger partial charge in [-0.1, -0.05) is 26.5 Å². The van der Waals surface area contributed by atoms with E-state index in [1.165, 1.54) is 28.8 Å². The molecule has 2 aromatic heterocycles. The number of phenolic OH excluding ortho intramolecular Hbond substituents is 1. The Morgan fingerprint density at radius 3 is 2.78 bits per heavy atom. The highest BCUT2D eigenvalue weighted by atomic mass is 19.1. The Morgan fingerprint density at radius 1 is 1.24 bits per heavy atom. The standard InChI is InChI=1S/C31H30FN5O4/c1-5-25(39)35-11-12-36-20(15-35)16-41-24-14-19(26-21(32)7-6-8-23(26)38)13-22-27(24)30(36)34-31(40)37(22)29-18(4)9-10-33-28(29)17(2)3/h5-10,13-14,17,20,38H,1,11-12,15-16H2,2-4H3/t20-/m1/s1. The molecule has 0 spiro atoms. The van der Waals surface area contributed by atoms with Gasteiger partial charge in [-0.2, -0.15) is 4.98 Å². The highest BCUT2D eigenvalue weighted by Gasteiger charge is 2.36. The van der Waals surface area contributed by atoms with Crippen LogP contribution in [0.15, 0.2) is 60.0 Å². The molecule has 1 N–H and O–H groups in total. The molecule has 1 atom stereocenters. The molecule has 2 aliphatic rings. The Morgan fingerprint density at radius 2 is 2.05 bits per heavy atom. The number of halogens is 1. The quantitative estimate of drug-likeness (QED) is 0.375. The number of hydrogen-bond donors (Lipinski definition) is 1. The lowest BCUT2D eigenvalue weighted by atomic mass is 10.00. The minimum atomic E-state index is -0.607. The molecule has 0 unspecified atom stereocenters. The fourth-order valence-corrected chi connectivity index (χ4v) is 5.86. The number of amides is 1. The van der Waals surface area contributed by atoms with Crippen LogP contribution in [0.3, 0.4) is 0 Å². The molecule has 9 nitrogen and oxygen atoms in total. The Kier molecular flexibility index (Phi) is 6.48. The fourth-order valence-electron chi connectivity index (χ4n) is 5.86. The van der Waals surface area contributed by atoms with E-state index < -0.39 is 11.5 Å². The zero-order valence-corrected chi connectivity index (χ0v) is 23.1. The van der Waals surface area contributed by atoms with Gasteiger partial charge >= 0.3 is 5.69 Å². The van der Waals surface area contributed by atoms with Gasteiger partial charge in [-0.15, -0.1) is 0 Å². The number of fused-ring (bicyclic) bond motifs is 2. The predicted octanol–water partition coefficient (Wildman–Crippen LogP) is 4.32. The monoisotopic (exact) mass is 555 g/mol. The SMILES string of the molecule is C=CC(=O)N1CCN2c3nc(=O)n(-c4c(C)ccnc4C(C)C)c4cc(-c5c(O)cccc5F)cc(c34)OC[C@H]2C1. The van der Waals surface area contributed by atoms with E-state index in [4.69, 9.17) is 4.74 Å². The molecule has 0 aliphatic carbocycles. The van der Waals surface area contributed by atoms with Gasteiger partial charge in [-0.05, 0) is 60.4 Å². The minimum Gasteiger partial charge on any atom is -0.507 e. The van der Waals surface area contributed by atoms with Crippen molar-refractivity contribution in [3.63, 3.8) is 0 Å². The van der Waals surface area contributed by atoms with E-state index in [9.17, 15) is 14.7 Å². The number of hydrogen-bond acceptors (Lipinski definition) is 7. The lowest BCUT2D eigenvalue weighted by Gasteiger charge is -2.40. The molecule has 0 radical (unpaired) electrons. The third-order valence-electron chi connectivity index (χ3n) is 7.82. The van der Waals surface area contributed by atoms with Crippen molar-refractivity contribution in [2.45, 2.75) is 32.7 Å². The van der Waals surface area contributed by atoms with Gasteiger partial charge in [0.05, 0.1) is 33.9 Å². The second kappa shape index (κ2) is 10.0. The van der Waals surface area contributed by atoms with Gasteiger partial charge in [0, 0.05) is 25.8 Å². The number of pyridine rings is 1. The van der Waals surface area contributed by atoms with E-state index >= 15 is 4.39 Å². The van der Waals surface area contributed by atoms with Gasteiger partial charge in [0.25, 0.3) is 0 Å². The average Bonchev–Trinajstić information content (AvgIpc) is 3.10. The molecule has 2 aromatic carbocycles. The van der Waals surface area contributed by atoms with E-state index in [1.807, 2.05) is 31.7 Å². The lowest BCUT2D eigenvalue weighted by Crippen LogP contribution is -2.56. The van der Waals surface area contributed by atoms with Gasteiger partial charge in [-0.25, -0.2) is 9.18 Å². The number of piperazine rings is 1. The van der Waals surface area contributed by atoms with E-state index in [-0.39, 0.29) is 35.8 Å². The first-order valence-corrected chi connectivity index (χ1v) is 13.5. The van der Waals surface area contributed by atoms with E-state index in [0.29, 0.717) is 59.0 Å². The zero-order valence-electron chi connectivity index (χ0n) is 23.1. The number of aryl methyl sites for hydroxylation is 1. The number of carbonyl (C=O) groups excluding carboxylic acids is 1. The van der Waals surface area contributed by atoms with Crippen molar-refractivity contribution >= 4 is 22.6 Å². The molecule has 1 saturated heterocycles. The van der Waals surface area contributed by atoms with Crippen molar-refractivity contribution in [1.29, 1.82) is 0 Å². The Hall–Kier alpha value is -4.73. The van der Waals surface area contributed by atoms with Gasteiger partial charge in [0.2, 0.25) is 5.91 Å². The maximum absolute atomic E-state index is 15.1. The largest absolute Gasteiger partial charge is 0.507 e. The minimum absolute atomic E-state index is 0.00308. The molecular weight excluding hydrogens is 525 g/mol. The Labute approximate surface area is 236 Å². The Bertz CT molecular complexity index is 1760. The normalized spacial score (nSPS) is 16.4. The summed E-state index contributed by atoms with van der Waals surface area (Å²) in [5.41, 5.74) is 2.44. The average molecular weight is 556 g/mol. The molecule has 1 fully saturated rings. The first kappa shape index (κ1) is 26.5. The molecule has 41 heavy (non-hydrogen) atoms. The summed E-state index contributed by atoms with van der Waals surface area (Å²) in [6.07, 6.45) is 3.00. The van der Waals surface area contributed by atoms with Crippen LogP contribution in [0.1, 0.15) is 31.0 Å². The van der Waals surface area contributed by atoms with Crippen molar-refractivity contribution < 1.29 is 19.0 Å². The molecule has 0 saturated carbocycles. The summed E-state index contributed by atoms with van der Waals surface area (Å²) < 4.78 is 23.0. The number of aromatic hydroxyl groups is 1. The van der Waals surface area contributed by atoms with Crippen molar-refractivity contribution in [3.8, 4) is 28.3 Å². The van der Waals surface area contributed by atoms with Gasteiger partial charge in [-0.3, -0.25) is 14.3 Å². The fraction of sp³-hybridized carbons (Fsp3) is 0.290. The highest BCUT2D eigenvalue weighted by Crippen LogP contribution is 2.43. The predicted molar refractivity (Wildman–Crippen MR) is 154 cm³/mol.